The maximum Gasteiger partial charge on any atom is 0.347 e. The van der Waals surface area contributed by atoms with E-state index in [1.165, 1.54) is 7.11 Å². The molecule has 0 bridgehead atoms. The SMILES string of the molecule is COC(=O)C(Oc1cccc(N(C)C)c1)C1CC1. The van der Waals surface area contributed by atoms with Crippen LogP contribution in [0.15, 0.2) is 24.3 Å². The molecule has 1 aromatic rings. The van der Waals surface area contributed by atoms with Crippen molar-refractivity contribution in [2.75, 3.05) is 26.1 Å². The van der Waals surface area contributed by atoms with Crippen molar-refractivity contribution in [1.29, 1.82) is 0 Å². The van der Waals surface area contributed by atoms with Crippen molar-refractivity contribution in [2.45, 2.75) is 18.9 Å². The van der Waals surface area contributed by atoms with Crippen LogP contribution in [0.5, 0.6) is 5.75 Å². The third-order valence-electron chi connectivity index (χ3n) is 3.08. The first-order chi connectivity index (χ1) is 8.61. The normalized spacial score (nSPS) is 15.9. The first kappa shape index (κ1) is 12.7. The van der Waals surface area contributed by atoms with Crippen LogP contribution >= 0.6 is 0 Å². The number of carbonyl (C=O) groups is 1. The van der Waals surface area contributed by atoms with Crippen LogP contribution in [-0.4, -0.2) is 33.3 Å². The smallest absolute Gasteiger partial charge is 0.347 e. The van der Waals surface area contributed by atoms with Crippen LogP contribution in [0.2, 0.25) is 0 Å². The first-order valence-electron chi connectivity index (χ1n) is 6.13. The summed E-state index contributed by atoms with van der Waals surface area (Å²) in [7, 11) is 5.34. The number of benzene rings is 1. The second-order valence-corrected chi connectivity index (χ2v) is 4.79. The number of nitrogens with zero attached hydrogens (tertiary/aromatic N) is 1. The van der Waals surface area contributed by atoms with Gasteiger partial charge in [-0.05, 0) is 25.0 Å². The van der Waals surface area contributed by atoms with Gasteiger partial charge in [-0.3, -0.25) is 0 Å². The van der Waals surface area contributed by atoms with E-state index in [4.69, 9.17) is 9.47 Å². The Balaban J connectivity index is 2.11. The van der Waals surface area contributed by atoms with Gasteiger partial charge in [-0.25, -0.2) is 4.79 Å². The average molecular weight is 249 g/mol. The third kappa shape index (κ3) is 2.94. The summed E-state index contributed by atoms with van der Waals surface area (Å²) < 4.78 is 10.6. The summed E-state index contributed by atoms with van der Waals surface area (Å²) in [5.41, 5.74) is 1.05. The molecule has 1 aliphatic carbocycles. The van der Waals surface area contributed by atoms with Gasteiger partial charge in [0.05, 0.1) is 7.11 Å². The Morgan fingerprint density at radius 1 is 1.39 bits per heavy atom. The fraction of sp³-hybridized carbons (Fsp3) is 0.500. The molecule has 0 amide bonds. The summed E-state index contributed by atoms with van der Waals surface area (Å²) in [6.45, 7) is 0. The number of rotatable bonds is 5. The second-order valence-electron chi connectivity index (χ2n) is 4.79. The van der Waals surface area contributed by atoms with Crippen LogP contribution in [0.25, 0.3) is 0 Å². The van der Waals surface area contributed by atoms with E-state index in [1.807, 2.05) is 43.3 Å². The maximum atomic E-state index is 11.7. The summed E-state index contributed by atoms with van der Waals surface area (Å²) in [4.78, 5) is 13.7. The van der Waals surface area contributed by atoms with Crippen molar-refractivity contribution < 1.29 is 14.3 Å². The van der Waals surface area contributed by atoms with Crippen LogP contribution in [0.1, 0.15) is 12.8 Å². The zero-order valence-corrected chi connectivity index (χ0v) is 11.1. The van der Waals surface area contributed by atoms with Crippen LogP contribution in [0, 0.1) is 5.92 Å². The molecule has 1 fully saturated rings. The minimum atomic E-state index is -0.465. The number of hydrogen-bond donors (Lipinski definition) is 0. The summed E-state index contributed by atoms with van der Waals surface area (Å²) in [5.74, 6) is 0.733. The lowest BCUT2D eigenvalue weighted by Gasteiger charge is -2.18. The van der Waals surface area contributed by atoms with Crippen molar-refractivity contribution in [3.63, 3.8) is 0 Å². The second kappa shape index (κ2) is 5.29. The van der Waals surface area contributed by atoms with Gasteiger partial charge in [-0.15, -0.1) is 0 Å². The number of carbonyl (C=O) groups excluding carboxylic acids is 1. The minimum absolute atomic E-state index is 0.284. The van der Waals surface area contributed by atoms with Gasteiger partial charge in [-0.2, -0.15) is 0 Å². The highest BCUT2D eigenvalue weighted by atomic mass is 16.6. The number of ether oxygens (including phenoxy) is 2. The van der Waals surface area contributed by atoms with Gasteiger partial charge in [0.1, 0.15) is 5.75 Å². The highest BCUT2D eigenvalue weighted by Crippen LogP contribution is 2.36. The van der Waals surface area contributed by atoms with Gasteiger partial charge in [0.2, 0.25) is 0 Å². The molecule has 4 heteroatoms. The molecule has 1 atom stereocenters. The standard InChI is InChI=1S/C14H19NO3/c1-15(2)11-5-4-6-12(9-11)18-13(10-7-8-10)14(16)17-3/h4-6,9-10,13H,7-8H2,1-3H3. The van der Waals surface area contributed by atoms with Crippen molar-refractivity contribution in [3.05, 3.63) is 24.3 Å². The van der Waals surface area contributed by atoms with E-state index in [2.05, 4.69) is 0 Å². The van der Waals surface area contributed by atoms with E-state index < -0.39 is 6.10 Å². The van der Waals surface area contributed by atoms with E-state index in [0.717, 1.165) is 18.5 Å². The predicted molar refractivity (Wildman–Crippen MR) is 69.9 cm³/mol. The molecule has 0 aromatic heterocycles. The van der Waals surface area contributed by atoms with E-state index >= 15 is 0 Å². The van der Waals surface area contributed by atoms with Gasteiger partial charge >= 0.3 is 5.97 Å². The molecule has 0 radical (unpaired) electrons. The number of methoxy groups -OCH3 is 1. The molecule has 0 aliphatic heterocycles. The first-order valence-corrected chi connectivity index (χ1v) is 6.13. The van der Waals surface area contributed by atoms with Gasteiger partial charge < -0.3 is 14.4 Å². The number of hydrogen-bond acceptors (Lipinski definition) is 4. The van der Waals surface area contributed by atoms with E-state index in [9.17, 15) is 4.79 Å². The van der Waals surface area contributed by atoms with Crippen molar-refractivity contribution in [3.8, 4) is 5.75 Å². The van der Waals surface area contributed by atoms with Gasteiger partial charge in [0.25, 0.3) is 0 Å². The zero-order chi connectivity index (χ0) is 13.1. The highest BCUT2D eigenvalue weighted by molar-refractivity contribution is 5.76. The predicted octanol–water partition coefficient (Wildman–Crippen LogP) is 2.08. The van der Waals surface area contributed by atoms with Crippen molar-refractivity contribution in [2.24, 2.45) is 5.92 Å². The molecular formula is C14H19NO3. The lowest BCUT2D eigenvalue weighted by Crippen LogP contribution is -2.30. The molecule has 4 nitrogen and oxygen atoms in total. The Kier molecular flexibility index (Phi) is 3.75. The molecule has 0 spiro atoms. The van der Waals surface area contributed by atoms with Crippen molar-refractivity contribution >= 4 is 11.7 Å². The minimum Gasteiger partial charge on any atom is -0.478 e. The quantitative estimate of drug-likeness (QED) is 0.749. The molecule has 98 valence electrons. The Bertz CT molecular complexity index is 427. The average Bonchev–Trinajstić information content (AvgIpc) is 3.19. The fourth-order valence-electron chi connectivity index (χ4n) is 1.83. The van der Waals surface area contributed by atoms with Crippen LogP contribution < -0.4 is 9.64 Å². The maximum absolute atomic E-state index is 11.7. The third-order valence-corrected chi connectivity index (χ3v) is 3.08. The van der Waals surface area contributed by atoms with Crippen LogP contribution in [-0.2, 0) is 9.53 Å². The Morgan fingerprint density at radius 2 is 2.11 bits per heavy atom. The van der Waals surface area contributed by atoms with Gasteiger partial charge in [0.15, 0.2) is 6.10 Å². The molecule has 18 heavy (non-hydrogen) atoms. The molecule has 1 unspecified atom stereocenters. The zero-order valence-electron chi connectivity index (χ0n) is 11.1. The Morgan fingerprint density at radius 3 is 2.67 bits per heavy atom. The highest BCUT2D eigenvalue weighted by Gasteiger charge is 2.39. The fourth-order valence-corrected chi connectivity index (χ4v) is 1.83. The number of anilines is 1. The van der Waals surface area contributed by atoms with Crippen LogP contribution in [0.3, 0.4) is 0 Å². The molecular weight excluding hydrogens is 230 g/mol. The lowest BCUT2D eigenvalue weighted by atomic mass is 10.2. The lowest BCUT2D eigenvalue weighted by molar-refractivity contribution is -0.149. The monoisotopic (exact) mass is 249 g/mol. The Labute approximate surface area is 107 Å². The van der Waals surface area contributed by atoms with E-state index in [-0.39, 0.29) is 5.97 Å². The summed E-state index contributed by atoms with van der Waals surface area (Å²) in [6, 6.07) is 7.71. The summed E-state index contributed by atoms with van der Waals surface area (Å²) in [5, 5.41) is 0. The number of esters is 1. The topological polar surface area (TPSA) is 38.8 Å². The Hall–Kier alpha value is -1.71. The largest absolute Gasteiger partial charge is 0.478 e. The molecule has 0 N–H and O–H groups in total. The summed E-state index contributed by atoms with van der Waals surface area (Å²) in [6.07, 6.45) is 1.60. The van der Waals surface area contributed by atoms with E-state index in [1.54, 1.807) is 0 Å². The molecule has 1 aliphatic rings. The summed E-state index contributed by atoms with van der Waals surface area (Å²) >= 11 is 0. The van der Waals surface area contributed by atoms with Gasteiger partial charge in [0, 0.05) is 31.8 Å². The molecule has 1 aromatic carbocycles. The molecule has 0 saturated heterocycles. The van der Waals surface area contributed by atoms with E-state index in [0.29, 0.717) is 11.7 Å². The van der Waals surface area contributed by atoms with Crippen LogP contribution in [0.4, 0.5) is 5.69 Å². The van der Waals surface area contributed by atoms with Gasteiger partial charge in [-0.1, -0.05) is 6.07 Å². The molecule has 1 saturated carbocycles. The molecule has 2 rings (SSSR count). The van der Waals surface area contributed by atoms with Crippen molar-refractivity contribution in [1.82, 2.24) is 0 Å². The molecule has 0 heterocycles.